The maximum absolute atomic E-state index is 11.2. The van der Waals surface area contributed by atoms with Gasteiger partial charge < -0.3 is 19.8 Å². The Morgan fingerprint density at radius 3 is 1.76 bits per heavy atom. The highest BCUT2D eigenvalue weighted by Gasteiger charge is 2.29. The van der Waals surface area contributed by atoms with Gasteiger partial charge in [-0.2, -0.15) is 0 Å². The molecular formula is C13H18O4-2. The SMILES string of the molecule is CC(C)(C)/C(C(=O)[O-])=C(\C(=O)[O-])C1CCCC1. The number of aliphatic carboxylic acids is 2. The second-order valence-electron chi connectivity index (χ2n) is 5.59. The van der Waals surface area contributed by atoms with Crippen LogP contribution < -0.4 is 10.2 Å². The molecule has 0 aliphatic heterocycles. The van der Waals surface area contributed by atoms with Crippen LogP contribution in [-0.2, 0) is 9.59 Å². The number of hydrogen-bond acceptors (Lipinski definition) is 4. The average Bonchev–Trinajstić information content (AvgIpc) is 2.62. The van der Waals surface area contributed by atoms with E-state index >= 15 is 0 Å². The summed E-state index contributed by atoms with van der Waals surface area (Å²) >= 11 is 0. The van der Waals surface area contributed by atoms with Gasteiger partial charge in [0, 0.05) is 0 Å². The summed E-state index contributed by atoms with van der Waals surface area (Å²) in [6.07, 6.45) is 3.31. The van der Waals surface area contributed by atoms with E-state index in [-0.39, 0.29) is 17.1 Å². The first kappa shape index (κ1) is 13.7. The molecule has 0 atom stereocenters. The lowest BCUT2D eigenvalue weighted by Crippen LogP contribution is -2.38. The molecule has 1 fully saturated rings. The van der Waals surface area contributed by atoms with Gasteiger partial charge in [0.05, 0.1) is 11.9 Å². The third-order valence-electron chi connectivity index (χ3n) is 3.21. The van der Waals surface area contributed by atoms with Crippen LogP contribution >= 0.6 is 0 Å². The highest BCUT2D eigenvalue weighted by molar-refractivity contribution is 5.98. The van der Waals surface area contributed by atoms with Crippen LogP contribution in [0.3, 0.4) is 0 Å². The van der Waals surface area contributed by atoms with Gasteiger partial charge in [0.1, 0.15) is 0 Å². The Bertz CT molecular complexity index is 354. The lowest BCUT2D eigenvalue weighted by Gasteiger charge is -2.30. The summed E-state index contributed by atoms with van der Waals surface area (Å²) in [5, 5.41) is 22.4. The molecule has 0 spiro atoms. The third kappa shape index (κ3) is 3.08. The van der Waals surface area contributed by atoms with Gasteiger partial charge >= 0.3 is 0 Å². The second-order valence-corrected chi connectivity index (χ2v) is 5.59. The molecule has 1 rings (SSSR count). The first-order valence-corrected chi connectivity index (χ1v) is 5.92. The van der Waals surface area contributed by atoms with Crippen molar-refractivity contribution in [3.05, 3.63) is 11.1 Å². The number of carboxylic acid groups (broad SMARTS) is 2. The van der Waals surface area contributed by atoms with Gasteiger partial charge in [0.15, 0.2) is 0 Å². The molecule has 0 aromatic heterocycles. The van der Waals surface area contributed by atoms with E-state index < -0.39 is 17.4 Å². The Balaban J connectivity index is 3.31. The largest absolute Gasteiger partial charge is 0.545 e. The number of hydrogen-bond donors (Lipinski definition) is 0. The van der Waals surface area contributed by atoms with Gasteiger partial charge in [-0.25, -0.2) is 0 Å². The fraction of sp³-hybridized carbons (Fsp3) is 0.692. The lowest BCUT2D eigenvalue weighted by atomic mass is 9.79. The third-order valence-corrected chi connectivity index (χ3v) is 3.21. The molecule has 17 heavy (non-hydrogen) atoms. The topological polar surface area (TPSA) is 80.3 Å². The molecule has 4 heteroatoms. The molecule has 0 amide bonds. The maximum Gasteiger partial charge on any atom is 0.0683 e. The highest BCUT2D eigenvalue weighted by Crippen LogP contribution is 2.37. The van der Waals surface area contributed by atoms with E-state index in [1.807, 2.05) is 0 Å². The molecule has 0 heterocycles. The van der Waals surface area contributed by atoms with Crippen molar-refractivity contribution in [3.63, 3.8) is 0 Å². The minimum absolute atomic E-state index is 0.0602. The summed E-state index contributed by atoms with van der Waals surface area (Å²) in [7, 11) is 0. The van der Waals surface area contributed by atoms with Crippen LogP contribution in [-0.4, -0.2) is 11.9 Å². The Kier molecular flexibility index (Phi) is 3.96. The van der Waals surface area contributed by atoms with Crippen molar-refractivity contribution in [1.82, 2.24) is 0 Å². The zero-order valence-corrected chi connectivity index (χ0v) is 10.5. The van der Waals surface area contributed by atoms with Crippen molar-refractivity contribution in [1.29, 1.82) is 0 Å². The normalized spacial score (nSPS) is 19.0. The van der Waals surface area contributed by atoms with Crippen LogP contribution in [0.15, 0.2) is 11.1 Å². The predicted octanol–water partition coefficient (Wildman–Crippen LogP) is 0.0191. The number of carbonyl (C=O) groups excluding carboxylic acids is 2. The van der Waals surface area contributed by atoms with E-state index in [0.717, 1.165) is 25.7 Å². The van der Waals surface area contributed by atoms with E-state index in [0.29, 0.717) is 0 Å². The predicted molar refractivity (Wildman–Crippen MR) is 58.5 cm³/mol. The van der Waals surface area contributed by atoms with Crippen LogP contribution in [0.1, 0.15) is 46.5 Å². The lowest BCUT2D eigenvalue weighted by molar-refractivity contribution is -0.305. The molecular weight excluding hydrogens is 220 g/mol. The van der Waals surface area contributed by atoms with Crippen LogP contribution in [0.2, 0.25) is 0 Å². The number of carbonyl (C=O) groups is 2. The number of rotatable bonds is 3. The minimum Gasteiger partial charge on any atom is -0.545 e. The van der Waals surface area contributed by atoms with Crippen molar-refractivity contribution in [2.24, 2.45) is 11.3 Å². The molecule has 1 aliphatic rings. The van der Waals surface area contributed by atoms with E-state index in [4.69, 9.17) is 0 Å². The van der Waals surface area contributed by atoms with Gasteiger partial charge in [-0.05, 0) is 35.3 Å². The zero-order chi connectivity index (χ0) is 13.2. The molecule has 0 N–H and O–H groups in total. The van der Waals surface area contributed by atoms with Crippen LogP contribution in [0.4, 0.5) is 0 Å². The van der Waals surface area contributed by atoms with Crippen molar-refractivity contribution >= 4 is 11.9 Å². The maximum atomic E-state index is 11.2. The Hall–Kier alpha value is -1.32. The summed E-state index contributed by atoms with van der Waals surface area (Å²) in [5.41, 5.74) is -0.934. The summed E-state index contributed by atoms with van der Waals surface area (Å²) < 4.78 is 0. The summed E-state index contributed by atoms with van der Waals surface area (Å²) in [6.45, 7) is 5.03. The molecule has 0 radical (unpaired) electrons. The van der Waals surface area contributed by atoms with Crippen molar-refractivity contribution in [3.8, 4) is 0 Å². The van der Waals surface area contributed by atoms with E-state index in [1.165, 1.54) is 0 Å². The molecule has 1 aliphatic carbocycles. The average molecular weight is 238 g/mol. The Labute approximate surface area is 101 Å². The van der Waals surface area contributed by atoms with Gasteiger partial charge in [0.2, 0.25) is 0 Å². The zero-order valence-electron chi connectivity index (χ0n) is 10.5. The summed E-state index contributed by atoms with van der Waals surface area (Å²) in [6, 6.07) is 0. The molecule has 0 saturated heterocycles. The standard InChI is InChI=1S/C13H20O4/c1-13(2,3)10(12(16)17)9(11(14)15)8-6-4-5-7-8/h8H,4-7H2,1-3H3,(H,14,15)(H,16,17)/p-2/b10-9-. The van der Waals surface area contributed by atoms with Crippen LogP contribution in [0.25, 0.3) is 0 Å². The number of carboxylic acids is 2. The second kappa shape index (κ2) is 4.90. The fourth-order valence-corrected chi connectivity index (χ4v) is 2.51. The van der Waals surface area contributed by atoms with Crippen LogP contribution in [0.5, 0.6) is 0 Å². The quantitative estimate of drug-likeness (QED) is 0.649. The Morgan fingerprint density at radius 1 is 1.00 bits per heavy atom. The smallest absolute Gasteiger partial charge is 0.0683 e. The first-order valence-electron chi connectivity index (χ1n) is 5.92. The van der Waals surface area contributed by atoms with Gasteiger partial charge in [-0.15, -0.1) is 0 Å². The van der Waals surface area contributed by atoms with Crippen molar-refractivity contribution < 1.29 is 19.8 Å². The van der Waals surface area contributed by atoms with E-state index in [9.17, 15) is 19.8 Å². The molecule has 4 nitrogen and oxygen atoms in total. The van der Waals surface area contributed by atoms with Gasteiger partial charge in [0.25, 0.3) is 0 Å². The van der Waals surface area contributed by atoms with Gasteiger partial charge in [-0.3, -0.25) is 0 Å². The van der Waals surface area contributed by atoms with E-state index in [2.05, 4.69) is 0 Å². The molecule has 96 valence electrons. The van der Waals surface area contributed by atoms with Gasteiger partial charge in [-0.1, -0.05) is 33.6 Å². The van der Waals surface area contributed by atoms with E-state index in [1.54, 1.807) is 20.8 Å². The van der Waals surface area contributed by atoms with Crippen molar-refractivity contribution in [2.45, 2.75) is 46.5 Å². The Morgan fingerprint density at radius 2 is 1.47 bits per heavy atom. The van der Waals surface area contributed by atoms with Crippen LogP contribution in [0, 0.1) is 11.3 Å². The first-order chi connectivity index (χ1) is 7.75. The molecule has 0 aromatic rings. The summed E-state index contributed by atoms with van der Waals surface area (Å²) in [4.78, 5) is 22.4. The fourth-order valence-electron chi connectivity index (χ4n) is 2.51. The van der Waals surface area contributed by atoms with Crippen molar-refractivity contribution in [2.75, 3.05) is 0 Å². The highest BCUT2D eigenvalue weighted by atomic mass is 16.4. The molecule has 1 saturated carbocycles. The molecule has 0 unspecified atom stereocenters. The minimum atomic E-state index is -1.40. The molecule has 0 bridgehead atoms. The summed E-state index contributed by atoms with van der Waals surface area (Å²) in [5.74, 6) is -2.97. The molecule has 0 aromatic carbocycles. The monoisotopic (exact) mass is 238 g/mol.